The molecule has 0 fully saturated rings. The van der Waals surface area contributed by atoms with Gasteiger partial charge in [-0.3, -0.25) is 0 Å². The third kappa shape index (κ3) is 4.88. The standard InChI is InChI=1S/C58H44N2/c1-57(2)49-23-12-8-19-42(49)48-35-40(31-32-51(48)57)59(55-28-16-25-52-56(55)45-22-9-13-24-50(45)58(52,3)4)39-30-29-38-33-41(36-46(47(38)34-39)37-17-6-5-7-18-37)60-53-26-14-10-20-43(53)44-21-11-15-27-54(44)60/h5-36H,1-4H3. The maximum Gasteiger partial charge on any atom is 0.0543 e. The predicted octanol–water partition coefficient (Wildman–Crippen LogP) is 15.7. The van der Waals surface area contributed by atoms with Crippen LogP contribution in [0.25, 0.3) is 71.6 Å². The van der Waals surface area contributed by atoms with Crippen molar-refractivity contribution in [2.75, 3.05) is 4.90 Å². The van der Waals surface area contributed by atoms with E-state index in [1.807, 2.05) is 0 Å². The molecule has 0 radical (unpaired) electrons. The van der Waals surface area contributed by atoms with Crippen molar-refractivity contribution in [1.82, 2.24) is 4.57 Å². The van der Waals surface area contributed by atoms with E-state index in [1.54, 1.807) is 0 Å². The summed E-state index contributed by atoms with van der Waals surface area (Å²) in [4.78, 5) is 2.53. The Labute approximate surface area is 351 Å². The van der Waals surface area contributed by atoms with E-state index in [2.05, 4.69) is 231 Å². The van der Waals surface area contributed by atoms with Crippen molar-refractivity contribution in [3.8, 4) is 39.1 Å². The van der Waals surface area contributed by atoms with Crippen LogP contribution >= 0.6 is 0 Å². The van der Waals surface area contributed by atoms with E-state index in [9.17, 15) is 0 Å². The molecule has 0 spiro atoms. The van der Waals surface area contributed by atoms with Gasteiger partial charge in [-0.25, -0.2) is 0 Å². The predicted molar refractivity (Wildman–Crippen MR) is 254 cm³/mol. The van der Waals surface area contributed by atoms with Gasteiger partial charge in [0.25, 0.3) is 0 Å². The minimum Gasteiger partial charge on any atom is -0.310 e. The van der Waals surface area contributed by atoms with Gasteiger partial charge in [-0.15, -0.1) is 0 Å². The maximum atomic E-state index is 2.53. The molecular weight excluding hydrogens is 725 g/mol. The molecule has 2 aliphatic rings. The topological polar surface area (TPSA) is 8.17 Å². The molecule has 1 heterocycles. The van der Waals surface area contributed by atoms with Crippen LogP contribution in [-0.4, -0.2) is 4.57 Å². The first-order valence-electron chi connectivity index (χ1n) is 21.2. The second-order valence-corrected chi connectivity index (χ2v) is 17.7. The highest BCUT2D eigenvalue weighted by atomic mass is 15.1. The fourth-order valence-corrected chi connectivity index (χ4v) is 10.9. The Balaban J connectivity index is 1.13. The zero-order valence-electron chi connectivity index (χ0n) is 34.4. The first kappa shape index (κ1) is 34.8. The molecule has 0 saturated carbocycles. The molecule has 10 aromatic rings. The molecule has 0 aliphatic heterocycles. The monoisotopic (exact) mass is 768 g/mol. The number of rotatable bonds is 5. The van der Waals surface area contributed by atoms with Crippen LogP contribution in [0.5, 0.6) is 0 Å². The normalized spacial score (nSPS) is 14.3. The highest BCUT2D eigenvalue weighted by Gasteiger charge is 2.39. The molecule has 2 aliphatic carbocycles. The van der Waals surface area contributed by atoms with Crippen molar-refractivity contribution in [3.05, 3.63) is 216 Å². The summed E-state index contributed by atoms with van der Waals surface area (Å²) in [6.07, 6.45) is 0. The van der Waals surface area contributed by atoms with Gasteiger partial charge in [0.05, 0.1) is 16.7 Å². The number of para-hydroxylation sites is 2. The maximum absolute atomic E-state index is 2.53. The van der Waals surface area contributed by atoms with Gasteiger partial charge in [0, 0.05) is 44.2 Å². The lowest BCUT2D eigenvalue weighted by molar-refractivity contribution is 0.660. The zero-order chi connectivity index (χ0) is 40.3. The second kappa shape index (κ2) is 12.7. The third-order valence-electron chi connectivity index (χ3n) is 13.8. The van der Waals surface area contributed by atoms with E-state index >= 15 is 0 Å². The van der Waals surface area contributed by atoms with Gasteiger partial charge in [-0.1, -0.05) is 167 Å². The highest BCUT2D eigenvalue weighted by Crippen LogP contribution is 2.56. The van der Waals surface area contributed by atoms with Crippen molar-refractivity contribution in [2.45, 2.75) is 38.5 Å². The number of hydrogen-bond donors (Lipinski definition) is 0. The minimum atomic E-state index is -0.123. The fourth-order valence-electron chi connectivity index (χ4n) is 10.9. The van der Waals surface area contributed by atoms with E-state index in [-0.39, 0.29) is 10.8 Å². The van der Waals surface area contributed by atoms with E-state index in [4.69, 9.17) is 0 Å². The van der Waals surface area contributed by atoms with E-state index in [0.717, 1.165) is 17.1 Å². The number of benzene rings is 9. The minimum absolute atomic E-state index is 0.0755. The second-order valence-electron chi connectivity index (χ2n) is 17.7. The molecule has 2 heteroatoms. The molecular formula is C58H44N2. The molecule has 0 saturated heterocycles. The largest absolute Gasteiger partial charge is 0.310 e. The van der Waals surface area contributed by atoms with Gasteiger partial charge in [0.1, 0.15) is 0 Å². The van der Waals surface area contributed by atoms with Crippen LogP contribution in [0, 0.1) is 0 Å². The summed E-state index contributed by atoms with van der Waals surface area (Å²) >= 11 is 0. The quantitative estimate of drug-likeness (QED) is 0.169. The molecule has 0 atom stereocenters. The lowest BCUT2D eigenvalue weighted by Crippen LogP contribution is -2.16. The Kier molecular flexibility index (Phi) is 7.36. The highest BCUT2D eigenvalue weighted by molar-refractivity contribution is 6.10. The molecule has 12 rings (SSSR count). The fraction of sp³-hybridized carbons (Fsp3) is 0.103. The van der Waals surface area contributed by atoms with Crippen LogP contribution in [0.3, 0.4) is 0 Å². The summed E-state index contributed by atoms with van der Waals surface area (Å²) in [5.41, 5.74) is 20.0. The summed E-state index contributed by atoms with van der Waals surface area (Å²) < 4.78 is 2.44. The lowest BCUT2D eigenvalue weighted by Gasteiger charge is -2.30. The molecule has 0 bridgehead atoms. The molecule has 2 nitrogen and oxygen atoms in total. The Bertz CT molecular complexity index is 3330. The van der Waals surface area contributed by atoms with Crippen LogP contribution < -0.4 is 4.90 Å². The van der Waals surface area contributed by atoms with Gasteiger partial charge in [-0.05, 0) is 115 Å². The van der Waals surface area contributed by atoms with E-state index < -0.39 is 0 Å². The average Bonchev–Trinajstić information content (AvgIpc) is 3.84. The Morgan fingerprint density at radius 2 is 0.950 bits per heavy atom. The molecule has 0 unspecified atom stereocenters. The van der Waals surface area contributed by atoms with Gasteiger partial charge >= 0.3 is 0 Å². The zero-order valence-corrected chi connectivity index (χ0v) is 34.4. The van der Waals surface area contributed by atoms with Gasteiger partial charge in [-0.2, -0.15) is 0 Å². The van der Waals surface area contributed by atoms with Gasteiger partial charge < -0.3 is 9.47 Å². The van der Waals surface area contributed by atoms with Crippen LogP contribution in [-0.2, 0) is 10.8 Å². The van der Waals surface area contributed by atoms with Crippen LogP contribution in [0.2, 0.25) is 0 Å². The van der Waals surface area contributed by atoms with Crippen molar-refractivity contribution < 1.29 is 0 Å². The molecule has 9 aromatic carbocycles. The van der Waals surface area contributed by atoms with Crippen molar-refractivity contribution >= 4 is 49.6 Å². The molecule has 0 N–H and O–H groups in total. The Morgan fingerprint density at radius 3 is 1.70 bits per heavy atom. The first-order chi connectivity index (χ1) is 29.3. The van der Waals surface area contributed by atoms with Gasteiger partial charge in [0.2, 0.25) is 0 Å². The van der Waals surface area contributed by atoms with Crippen molar-refractivity contribution in [1.29, 1.82) is 0 Å². The lowest BCUT2D eigenvalue weighted by atomic mass is 9.82. The Morgan fingerprint density at radius 1 is 0.383 bits per heavy atom. The summed E-state index contributed by atoms with van der Waals surface area (Å²) in [7, 11) is 0. The summed E-state index contributed by atoms with van der Waals surface area (Å²) in [5, 5.41) is 4.95. The van der Waals surface area contributed by atoms with E-state index in [1.165, 1.54) is 93.9 Å². The smallest absolute Gasteiger partial charge is 0.0543 e. The number of aromatic nitrogens is 1. The Hall–Kier alpha value is -7.16. The molecule has 1 aromatic heterocycles. The summed E-state index contributed by atoms with van der Waals surface area (Å²) in [6.45, 7) is 9.47. The van der Waals surface area contributed by atoms with Crippen LogP contribution in [0.1, 0.15) is 49.9 Å². The van der Waals surface area contributed by atoms with Crippen molar-refractivity contribution in [3.63, 3.8) is 0 Å². The van der Waals surface area contributed by atoms with Crippen molar-refractivity contribution in [2.24, 2.45) is 0 Å². The van der Waals surface area contributed by atoms with E-state index in [0.29, 0.717) is 0 Å². The number of fused-ring (bicyclic) bond motifs is 10. The number of nitrogens with zero attached hydrogens (tertiary/aromatic N) is 2. The van der Waals surface area contributed by atoms with Gasteiger partial charge in [0.15, 0.2) is 0 Å². The van der Waals surface area contributed by atoms with Crippen LogP contribution in [0.15, 0.2) is 194 Å². The first-order valence-corrected chi connectivity index (χ1v) is 21.2. The SMILES string of the molecule is CC1(C)c2ccccc2-c2cc(N(c3ccc4cc(-n5c6ccccc6c6ccccc65)cc(-c5ccccc5)c4c3)c3cccc4c3-c3ccccc3C4(C)C)ccc21. The van der Waals surface area contributed by atoms with Crippen LogP contribution in [0.4, 0.5) is 17.1 Å². The third-order valence-corrected chi connectivity index (χ3v) is 13.8. The average molecular weight is 769 g/mol. The summed E-state index contributed by atoms with van der Waals surface area (Å²) in [5.74, 6) is 0. The number of anilines is 3. The molecule has 0 amide bonds. The summed E-state index contributed by atoms with van der Waals surface area (Å²) in [6, 6.07) is 72.4. The molecule has 286 valence electrons. The number of hydrogen-bond acceptors (Lipinski definition) is 1. The molecule has 60 heavy (non-hydrogen) atoms.